The van der Waals surface area contributed by atoms with Crippen molar-refractivity contribution in [1.29, 1.82) is 0 Å². The molecule has 2 N–H and O–H groups in total. The maximum absolute atomic E-state index is 11.9. The number of carbonyl (C=O) groups is 1. The molecule has 0 unspecified atom stereocenters. The van der Waals surface area contributed by atoms with Gasteiger partial charge in [0.25, 0.3) is 5.91 Å². The number of likely N-dealkylation sites (tertiary alicyclic amines) is 1. The van der Waals surface area contributed by atoms with E-state index in [0.29, 0.717) is 5.69 Å². The van der Waals surface area contributed by atoms with Crippen LogP contribution in [-0.2, 0) is 6.54 Å². The van der Waals surface area contributed by atoms with Crippen LogP contribution < -0.4 is 5.32 Å². The first kappa shape index (κ1) is 18.9. The Morgan fingerprint density at radius 3 is 2.92 bits per heavy atom. The van der Waals surface area contributed by atoms with Crippen molar-refractivity contribution < 1.29 is 9.90 Å². The first-order valence-electron chi connectivity index (χ1n) is 8.86. The molecule has 1 aliphatic heterocycles. The van der Waals surface area contributed by atoms with Gasteiger partial charge in [0.15, 0.2) is 5.69 Å². The highest BCUT2D eigenvalue weighted by Gasteiger charge is 2.23. The second kappa shape index (κ2) is 9.16. The summed E-state index contributed by atoms with van der Waals surface area (Å²) >= 11 is 1.75. The second-order valence-electron chi connectivity index (χ2n) is 6.44. The summed E-state index contributed by atoms with van der Waals surface area (Å²) < 4.78 is 1.80. The van der Waals surface area contributed by atoms with Gasteiger partial charge in [-0.05, 0) is 43.3 Å². The summed E-state index contributed by atoms with van der Waals surface area (Å²) in [5.41, 5.74) is 1.61. The molecule has 26 heavy (non-hydrogen) atoms. The van der Waals surface area contributed by atoms with Gasteiger partial charge in [0.05, 0.1) is 18.8 Å². The number of aliphatic hydroxyl groups is 1. The average molecular weight is 375 g/mol. The Morgan fingerprint density at radius 2 is 2.19 bits per heavy atom. The highest BCUT2D eigenvalue weighted by molar-refractivity contribution is 7.98. The molecule has 1 saturated heterocycles. The third kappa shape index (κ3) is 4.84. The minimum Gasteiger partial charge on any atom is -0.395 e. The molecular formula is C18H25N5O2S. The van der Waals surface area contributed by atoms with Gasteiger partial charge in [-0.3, -0.25) is 9.69 Å². The van der Waals surface area contributed by atoms with E-state index in [-0.39, 0.29) is 25.1 Å². The molecule has 140 valence electrons. The summed E-state index contributed by atoms with van der Waals surface area (Å²) in [4.78, 5) is 15.6. The van der Waals surface area contributed by atoms with Crippen molar-refractivity contribution in [3.63, 3.8) is 0 Å². The molecule has 1 aromatic heterocycles. The zero-order valence-electron chi connectivity index (χ0n) is 15.0. The number of benzene rings is 1. The van der Waals surface area contributed by atoms with Crippen LogP contribution in [0.5, 0.6) is 0 Å². The molecule has 3 rings (SSSR count). The second-order valence-corrected chi connectivity index (χ2v) is 7.32. The molecule has 0 bridgehead atoms. The topological polar surface area (TPSA) is 83.3 Å². The molecule has 2 heterocycles. The van der Waals surface area contributed by atoms with E-state index >= 15 is 0 Å². The molecule has 1 atom stereocenters. The molecule has 1 amide bonds. The SMILES string of the molecule is CSc1ccc(CN2CCC[C@@H](n3cc(C(=O)NCCO)nn3)C2)cc1. The number of piperidine rings is 1. The van der Waals surface area contributed by atoms with Gasteiger partial charge < -0.3 is 10.4 Å². The lowest BCUT2D eigenvalue weighted by Gasteiger charge is -2.32. The summed E-state index contributed by atoms with van der Waals surface area (Å²) in [5.74, 6) is -0.299. The summed E-state index contributed by atoms with van der Waals surface area (Å²) in [5, 5.41) is 19.5. The van der Waals surface area contributed by atoms with Crippen LogP contribution in [-0.4, -0.2) is 63.4 Å². The van der Waals surface area contributed by atoms with Crippen LogP contribution in [0.15, 0.2) is 35.4 Å². The predicted molar refractivity (Wildman–Crippen MR) is 101 cm³/mol. The third-order valence-corrected chi connectivity index (χ3v) is 5.30. The lowest BCUT2D eigenvalue weighted by Crippen LogP contribution is -2.36. The zero-order valence-corrected chi connectivity index (χ0v) is 15.8. The standard InChI is InChI=1S/C18H25N5O2S/c1-26-16-6-4-14(5-7-16)11-22-9-2-3-15(12-22)23-13-17(20-21-23)18(25)19-8-10-24/h4-7,13,15,24H,2-3,8-12H2,1H3,(H,19,25)/t15-/m1/s1. The minimum absolute atomic E-state index is 0.0879. The largest absolute Gasteiger partial charge is 0.395 e. The summed E-state index contributed by atoms with van der Waals surface area (Å²) in [6.07, 6.45) is 5.91. The Kier molecular flexibility index (Phi) is 6.65. The summed E-state index contributed by atoms with van der Waals surface area (Å²) in [6, 6.07) is 8.93. The van der Waals surface area contributed by atoms with Gasteiger partial charge in [0.2, 0.25) is 0 Å². The van der Waals surface area contributed by atoms with E-state index in [0.717, 1.165) is 32.5 Å². The van der Waals surface area contributed by atoms with E-state index in [4.69, 9.17) is 5.11 Å². The highest BCUT2D eigenvalue weighted by Crippen LogP contribution is 2.23. The van der Waals surface area contributed by atoms with Crippen LogP contribution in [0.25, 0.3) is 0 Å². The van der Waals surface area contributed by atoms with Gasteiger partial charge in [0.1, 0.15) is 0 Å². The van der Waals surface area contributed by atoms with Crippen molar-refractivity contribution in [1.82, 2.24) is 25.2 Å². The Labute approximate surface area is 157 Å². The van der Waals surface area contributed by atoms with Crippen LogP contribution in [0.3, 0.4) is 0 Å². The van der Waals surface area contributed by atoms with Crippen LogP contribution in [0, 0.1) is 0 Å². The molecule has 0 saturated carbocycles. The Balaban J connectivity index is 1.59. The third-order valence-electron chi connectivity index (χ3n) is 4.56. The molecule has 1 aromatic carbocycles. The van der Waals surface area contributed by atoms with Gasteiger partial charge in [-0.1, -0.05) is 17.3 Å². The van der Waals surface area contributed by atoms with Gasteiger partial charge in [-0.25, -0.2) is 4.68 Å². The predicted octanol–water partition coefficient (Wildman–Crippen LogP) is 1.56. The fraction of sp³-hybridized carbons (Fsp3) is 0.500. The van der Waals surface area contributed by atoms with Crippen molar-refractivity contribution >= 4 is 17.7 Å². The summed E-state index contributed by atoms with van der Waals surface area (Å²) in [6.45, 7) is 3.02. The lowest BCUT2D eigenvalue weighted by atomic mass is 10.0. The van der Waals surface area contributed by atoms with Crippen LogP contribution in [0.4, 0.5) is 0 Å². The number of nitrogens with one attached hydrogen (secondary N) is 1. The molecule has 1 fully saturated rings. The van der Waals surface area contributed by atoms with E-state index < -0.39 is 0 Å². The monoisotopic (exact) mass is 375 g/mol. The molecule has 2 aromatic rings. The quantitative estimate of drug-likeness (QED) is 0.715. The number of amides is 1. The van der Waals surface area contributed by atoms with Crippen molar-refractivity contribution in [2.24, 2.45) is 0 Å². The molecule has 0 aliphatic carbocycles. The highest BCUT2D eigenvalue weighted by atomic mass is 32.2. The average Bonchev–Trinajstić information content (AvgIpc) is 3.17. The van der Waals surface area contributed by atoms with Gasteiger partial charge in [0, 0.05) is 24.5 Å². The maximum Gasteiger partial charge on any atom is 0.273 e. The Bertz CT molecular complexity index is 719. The first-order valence-corrected chi connectivity index (χ1v) is 10.1. The molecular weight excluding hydrogens is 350 g/mol. The van der Waals surface area contributed by atoms with Crippen LogP contribution in [0.1, 0.15) is 34.9 Å². The molecule has 1 aliphatic rings. The lowest BCUT2D eigenvalue weighted by molar-refractivity contribution is 0.0939. The maximum atomic E-state index is 11.9. The number of rotatable bonds is 7. The fourth-order valence-corrected chi connectivity index (χ4v) is 3.61. The first-order chi connectivity index (χ1) is 12.7. The number of aromatic nitrogens is 3. The van der Waals surface area contributed by atoms with Crippen LogP contribution >= 0.6 is 11.8 Å². The fourth-order valence-electron chi connectivity index (χ4n) is 3.20. The smallest absolute Gasteiger partial charge is 0.273 e. The van der Waals surface area contributed by atoms with E-state index in [2.05, 4.69) is 51.1 Å². The molecule has 7 nitrogen and oxygen atoms in total. The van der Waals surface area contributed by atoms with Crippen molar-refractivity contribution in [2.45, 2.75) is 30.3 Å². The van der Waals surface area contributed by atoms with Gasteiger partial charge in [-0.2, -0.15) is 0 Å². The number of hydrogen-bond donors (Lipinski definition) is 2. The number of hydrogen-bond acceptors (Lipinski definition) is 6. The van der Waals surface area contributed by atoms with E-state index in [1.54, 1.807) is 22.6 Å². The normalized spacial score (nSPS) is 18.0. The van der Waals surface area contributed by atoms with Gasteiger partial charge in [-0.15, -0.1) is 16.9 Å². The molecule has 0 radical (unpaired) electrons. The van der Waals surface area contributed by atoms with Crippen molar-refractivity contribution in [3.8, 4) is 0 Å². The van der Waals surface area contributed by atoms with E-state index in [1.165, 1.54) is 10.5 Å². The minimum atomic E-state index is -0.299. The van der Waals surface area contributed by atoms with Crippen molar-refractivity contribution in [2.75, 3.05) is 32.5 Å². The molecule has 8 heteroatoms. The Hall–Kier alpha value is -1.90. The number of aliphatic hydroxyl groups excluding tert-OH is 1. The molecule has 0 spiro atoms. The van der Waals surface area contributed by atoms with Gasteiger partial charge >= 0.3 is 0 Å². The number of thioether (sulfide) groups is 1. The zero-order chi connectivity index (χ0) is 18.4. The number of nitrogens with zero attached hydrogens (tertiary/aromatic N) is 4. The number of carbonyl (C=O) groups excluding carboxylic acids is 1. The van der Waals surface area contributed by atoms with E-state index in [9.17, 15) is 4.79 Å². The van der Waals surface area contributed by atoms with Crippen LogP contribution in [0.2, 0.25) is 0 Å². The Morgan fingerprint density at radius 1 is 1.38 bits per heavy atom. The van der Waals surface area contributed by atoms with Crippen molar-refractivity contribution in [3.05, 3.63) is 41.7 Å². The summed E-state index contributed by atoms with van der Waals surface area (Å²) in [7, 11) is 0. The van der Waals surface area contributed by atoms with E-state index in [1.807, 2.05) is 0 Å².